The Hall–Kier alpha value is -3.97. The first kappa shape index (κ1) is 27.6. The van der Waals surface area contributed by atoms with E-state index in [0.29, 0.717) is 6.41 Å². The van der Waals surface area contributed by atoms with Gasteiger partial charge in [0.25, 0.3) is 5.91 Å². The van der Waals surface area contributed by atoms with Crippen molar-refractivity contribution in [2.45, 2.75) is 37.0 Å². The zero-order chi connectivity index (χ0) is 26.5. The molecule has 37 heavy (non-hydrogen) atoms. The lowest BCUT2D eigenvalue weighted by molar-refractivity contribution is -0.105. The monoisotopic (exact) mass is 515 g/mol. The van der Waals surface area contributed by atoms with Crippen molar-refractivity contribution in [1.82, 2.24) is 10.3 Å². The van der Waals surface area contributed by atoms with Gasteiger partial charge in [-0.3, -0.25) is 9.59 Å². The molecule has 0 spiro atoms. The minimum atomic E-state index is -0.450. The molecule has 1 aromatic heterocycles. The van der Waals surface area contributed by atoms with E-state index in [2.05, 4.69) is 45.9 Å². The number of aromatic nitrogens is 1. The topological polar surface area (TPSA) is 71.1 Å². The highest BCUT2D eigenvalue weighted by molar-refractivity contribution is 7.98. The molecule has 4 rings (SSSR count). The molecular weight excluding hydrogens is 485 g/mol. The molecule has 7 heteroatoms. The third-order valence-electron chi connectivity index (χ3n) is 5.38. The highest BCUT2D eigenvalue weighted by atomic mass is 32.2. The van der Waals surface area contributed by atoms with Crippen molar-refractivity contribution in [2.24, 2.45) is 0 Å². The van der Waals surface area contributed by atoms with Crippen LogP contribution >= 0.6 is 11.8 Å². The van der Waals surface area contributed by atoms with Crippen molar-refractivity contribution >= 4 is 29.8 Å². The van der Waals surface area contributed by atoms with Gasteiger partial charge in [-0.1, -0.05) is 60.7 Å². The summed E-state index contributed by atoms with van der Waals surface area (Å²) in [5.41, 5.74) is 4.65. The van der Waals surface area contributed by atoms with Crippen molar-refractivity contribution in [2.75, 3.05) is 5.32 Å². The van der Waals surface area contributed by atoms with Crippen LogP contribution in [-0.4, -0.2) is 23.3 Å². The molecule has 1 atom stereocenters. The van der Waals surface area contributed by atoms with Crippen LogP contribution in [0.4, 0.5) is 10.1 Å². The number of benzene rings is 3. The first-order valence-electron chi connectivity index (χ1n) is 11.9. The Bertz CT molecular complexity index is 1270. The van der Waals surface area contributed by atoms with Gasteiger partial charge >= 0.3 is 0 Å². The molecule has 3 aromatic carbocycles. The van der Waals surface area contributed by atoms with Crippen LogP contribution in [0.5, 0.6) is 0 Å². The Balaban J connectivity index is 0.000000206. The number of aryl methyl sites for hydroxylation is 1. The minimum absolute atomic E-state index is 0.0123. The summed E-state index contributed by atoms with van der Waals surface area (Å²) in [7, 11) is 0. The average molecular weight is 516 g/mol. The van der Waals surface area contributed by atoms with E-state index in [1.807, 2.05) is 62.4 Å². The number of halogens is 1. The summed E-state index contributed by atoms with van der Waals surface area (Å²) < 4.78 is 12.7. The maximum Gasteiger partial charge on any atom is 0.270 e. The predicted octanol–water partition coefficient (Wildman–Crippen LogP) is 6.44. The lowest BCUT2D eigenvalue weighted by atomic mass is 10.1. The predicted molar refractivity (Wildman–Crippen MR) is 148 cm³/mol. The van der Waals surface area contributed by atoms with E-state index in [4.69, 9.17) is 0 Å². The molecule has 0 saturated carbocycles. The van der Waals surface area contributed by atoms with E-state index < -0.39 is 5.82 Å². The Kier molecular flexibility index (Phi) is 10.9. The Morgan fingerprint density at radius 3 is 2.24 bits per heavy atom. The molecular formula is C30H30FN3O2S. The molecule has 0 fully saturated rings. The number of amides is 2. The van der Waals surface area contributed by atoms with E-state index in [1.54, 1.807) is 11.8 Å². The standard InChI is InChI=1S/C15H15FN2O.C15H15NOS/c1-11(9-12-5-3-2-4-6-12)18-15(19)14-8-7-13(16)10-17-14;1-12-9-14(7-8-15(12)16-11-17)18-10-13-5-3-2-4-6-13/h2-8,10-11H,9H2,1H3,(H,18,19);2-9,11H,10H2,1H3,(H,16,17). The zero-order valence-corrected chi connectivity index (χ0v) is 21.7. The van der Waals surface area contributed by atoms with E-state index in [-0.39, 0.29) is 17.6 Å². The Labute approximate surface area is 221 Å². The smallest absolute Gasteiger partial charge is 0.270 e. The second-order valence-electron chi connectivity index (χ2n) is 8.44. The summed E-state index contributed by atoms with van der Waals surface area (Å²) in [6.45, 7) is 3.92. The molecule has 1 heterocycles. The van der Waals surface area contributed by atoms with Crippen LogP contribution in [0.1, 0.15) is 34.1 Å². The normalized spacial score (nSPS) is 11.0. The Morgan fingerprint density at radius 1 is 0.973 bits per heavy atom. The number of nitrogens with zero attached hydrogens (tertiary/aromatic N) is 1. The van der Waals surface area contributed by atoms with Gasteiger partial charge in [0.15, 0.2) is 0 Å². The molecule has 0 aliphatic rings. The highest BCUT2D eigenvalue weighted by Crippen LogP contribution is 2.26. The number of hydrogen-bond acceptors (Lipinski definition) is 4. The van der Waals surface area contributed by atoms with Gasteiger partial charge in [-0.2, -0.15) is 0 Å². The van der Waals surface area contributed by atoms with Crippen LogP contribution < -0.4 is 10.6 Å². The molecule has 2 N–H and O–H groups in total. The van der Waals surface area contributed by atoms with Crippen molar-refractivity contribution in [3.8, 4) is 0 Å². The Morgan fingerprint density at radius 2 is 1.65 bits per heavy atom. The molecule has 0 bridgehead atoms. The lowest BCUT2D eigenvalue weighted by Crippen LogP contribution is -2.34. The molecule has 1 unspecified atom stereocenters. The zero-order valence-electron chi connectivity index (χ0n) is 20.9. The van der Waals surface area contributed by atoms with Gasteiger partial charge < -0.3 is 10.6 Å². The van der Waals surface area contributed by atoms with Crippen LogP contribution in [0.25, 0.3) is 0 Å². The second kappa shape index (κ2) is 14.6. The van der Waals surface area contributed by atoms with Crippen LogP contribution in [0.2, 0.25) is 0 Å². The largest absolute Gasteiger partial charge is 0.348 e. The maximum absolute atomic E-state index is 12.7. The van der Waals surface area contributed by atoms with E-state index in [0.717, 1.165) is 35.2 Å². The summed E-state index contributed by atoms with van der Waals surface area (Å²) in [6.07, 6.45) is 2.49. The second-order valence-corrected chi connectivity index (χ2v) is 9.49. The molecule has 4 aromatic rings. The summed E-state index contributed by atoms with van der Waals surface area (Å²) in [5.74, 6) is 0.220. The van der Waals surface area contributed by atoms with Crippen LogP contribution in [-0.2, 0) is 17.0 Å². The van der Waals surface area contributed by atoms with Gasteiger partial charge in [-0.25, -0.2) is 9.37 Å². The summed E-state index contributed by atoms with van der Waals surface area (Å²) in [5, 5.41) is 5.53. The molecule has 190 valence electrons. The number of hydrogen-bond donors (Lipinski definition) is 2. The fourth-order valence-electron chi connectivity index (χ4n) is 3.52. The molecule has 5 nitrogen and oxygen atoms in total. The van der Waals surface area contributed by atoms with Crippen LogP contribution in [0.3, 0.4) is 0 Å². The van der Waals surface area contributed by atoms with E-state index in [9.17, 15) is 14.0 Å². The van der Waals surface area contributed by atoms with Crippen molar-refractivity contribution in [3.63, 3.8) is 0 Å². The summed E-state index contributed by atoms with van der Waals surface area (Å²) >= 11 is 1.80. The number of carbonyl (C=O) groups is 2. The number of thioether (sulfide) groups is 1. The maximum atomic E-state index is 12.7. The quantitative estimate of drug-likeness (QED) is 0.199. The number of nitrogens with one attached hydrogen (secondary N) is 2. The van der Waals surface area contributed by atoms with E-state index in [1.165, 1.54) is 22.6 Å². The van der Waals surface area contributed by atoms with Crippen LogP contribution in [0, 0.1) is 12.7 Å². The highest BCUT2D eigenvalue weighted by Gasteiger charge is 2.11. The fraction of sp³-hybridized carbons (Fsp3) is 0.167. The summed E-state index contributed by atoms with van der Waals surface area (Å²) in [6, 6.07) is 29.0. The van der Waals surface area contributed by atoms with Crippen LogP contribution in [0.15, 0.2) is 102 Å². The van der Waals surface area contributed by atoms with Gasteiger partial charge in [0, 0.05) is 22.4 Å². The van der Waals surface area contributed by atoms with Crippen molar-refractivity contribution in [1.29, 1.82) is 0 Å². The van der Waals surface area contributed by atoms with Gasteiger partial charge in [0.2, 0.25) is 6.41 Å². The number of anilines is 1. The first-order chi connectivity index (χ1) is 17.9. The number of pyridine rings is 1. The summed E-state index contributed by atoms with van der Waals surface area (Å²) in [4.78, 5) is 27.2. The minimum Gasteiger partial charge on any atom is -0.348 e. The average Bonchev–Trinajstić information content (AvgIpc) is 2.91. The molecule has 0 aliphatic heterocycles. The molecule has 0 aliphatic carbocycles. The van der Waals surface area contributed by atoms with Gasteiger partial charge in [0.05, 0.1) is 6.20 Å². The first-order valence-corrected chi connectivity index (χ1v) is 12.9. The van der Waals surface area contributed by atoms with Gasteiger partial charge in [0.1, 0.15) is 11.5 Å². The number of rotatable bonds is 9. The third kappa shape index (κ3) is 9.54. The SMILES string of the molecule is CC(Cc1ccccc1)NC(=O)c1ccc(F)cn1.Cc1cc(SCc2ccccc2)ccc1NC=O. The molecule has 2 amide bonds. The van der Waals surface area contributed by atoms with Gasteiger partial charge in [-0.05, 0) is 67.3 Å². The molecule has 0 saturated heterocycles. The lowest BCUT2D eigenvalue weighted by Gasteiger charge is -2.13. The van der Waals surface area contributed by atoms with Crippen molar-refractivity contribution < 1.29 is 14.0 Å². The third-order valence-corrected chi connectivity index (χ3v) is 6.45. The van der Waals surface area contributed by atoms with Gasteiger partial charge in [-0.15, -0.1) is 11.8 Å². The number of carbonyl (C=O) groups excluding carboxylic acids is 2. The van der Waals surface area contributed by atoms with Crippen molar-refractivity contribution in [3.05, 3.63) is 125 Å². The van der Waals surface area contributed by atoms with E-state index >= 15 is 0 Å². The fourth-order valence-corrected chi connectivity index (χ4v) is 4.47. The molecule has 0 radical (unpaired) electrons.